The summed E-state index contributed by atoms with van der Waals surface area (Å²) in [5.41, 5.74) is 1.58. The fourth-order valence-corrected chi connectivity index (χ4v) is 3.41. The number of hydrogen-bond donors (Lipinski definition) is 1. The first-order chi connectivity index (χ1) is 12.9. The molecule has 0 spiro atoms. The number of methoxy groups -OCH3 is 1. The van der Waals surface area contributed by atoms with Crippen molar-refractivity contribution in [3.05, 3.63) is 39.8 Å². The number of thiophene rings is 1. The molecule has 0 aliphatic heterocycles. The Bertz CT molecular complexity index is 858. The predicted octanol–water partition coefficient (Wildman–Crippen LogP) is 3.38. The normalized spacial score (nSPS) is 10.2. The highest BCUT2D eigenvalue weighted by molar-refractivity contribution is 7.16. The summed E-state index contributed by atoms with van der Waals surface area (Å²) in [5, 5.41) is 3.13. The number of hydrogen-bond acceptors (Lipinski definition) is 7. The number of nitrogens with one attached hydrogen (secondary N) is 1. The molecule has 1 heterocycles. The lowest BCUT2D eigenvalue weighted by Gasteiger charge is -2.11. The second kappa shape index (κ2) is 9.18. The van der Waals surface area contributed by atoms with Crippen LogP contribution in [0.25, 0.3) is 0 Å². The van der Waals surface area contributed by atoms with E-state index in [0.717, 1.165) is 10.4 Å². The molecule has 1 aromatic carbocycles. The highest BCUT2D eigenvalue weighted by Crippen LogP contribution is 2.33. The maximum Gasteiger partial charge on any atom is 0.341 e. The molecule has 2 aromatic rings. The number of anilines is 1. The van der Waals surface area contributed by atoms with Crippen molar-refractivity contribution in [1.82, 2.24) is 0 Å². The molecule has 8 heteroatoms. The Kier molecular flexibility index (Phi) is 6.95. The first kappa shape index (κ1) is 20.4. The van der Waals surface area contributed by atoms with Crippen molar-refractivity contribution in [2.75, 3.05) is 25.6 Å². The number of carbonyl (C=O) groups is 3. The van der Waals surface area contributed by atoms with Crippen molar-refractivity contribution in [1.29, 1.82) is 0 Å². The molecule has 0 unspecified atom stereocenters. The Morgan fingerprint density at radius 1 is 1.22 bits per heavy atom. The molecular formula is C19H21NO6S. The molecule has 1 aromatic heterocycles. The third-order valence-electron chi connectivity index (χ3n) is 3.80. The summed E-state index contributed by atoms with van der Waals surface area (Å²) in [5.74, 6) is -0.213. The van der Waals surface area contributed by atoms with Gasteiger partial charge in [0, 0.05) is 10.4 Å². The summed E-state index contributed by atoms with van der Waals surface area (Å²) in [6.45, 7) is 5.37. The van der Waals surface area contributed by atoms with Gasteiger partial charge in [0.05, 0.1) is 19.3 Å². The number of esters is 1. The number of aldehydes is 1. The molecule has 0 radical (unpaired) electrons. The average molecular weight is 391 g/mol. The summed E-state index contributed by atoms with van der Waals surface area (Å²) < 4.78 is 15.7. The fourth-order valence-electron chi connectivity index (χ4n) is 2.35. The van der Waals surface area contributed by atoms with Crippen molar-refractivity contribution >= 4 is 34.5 Å². The number of carbonyl (C=O) groups excluding carboxylic acids is 3. The van der Waals surface area contributed by atoms with E-state index in [1.165, 1.54) is 24.5 Å². The van der Waals surface area contributed by atoms with Crippen LogP contribution in [0.5, 0.6) is 11.5 Å². The minimum Gasteiger partial charge on any atom is -0.493 e. The molecule has 7 nitrogen and oxygen atoms in total. The van der Waals surface area contributed by atoms with E-state index in [-0.39, 0.29) is 13.2 Å². The topological polar surface area (TPSA) is 90.9 Å². The number of rotatable bonds is 8. The van der Waals surface area contributed by atoms with Gasteiger partial charge in [-0.15, -0.1) is 11.3 Å². The highest BCUT2D eigenvalue weighted by atomic mass is 32.1. The molecule has 0 atom stereocenters. The molecule has 27 heavy (non-hydrogen) atoms. The minimum atomic E-state index is -0.471. The zero-order chi connectivity index (χ0) is 20.0. The van der Waals surface area contributed by atoms with E-state index in [2.05, 4.69) is 5.32 Å². The van der Waals surface area contributed by atoms with Gasteiger partial charge in [0.2, 0.25) is 0 Å². The summed E-state index contributed by atoms with van der Waals surface area (Å²) in [6.07, 6.45) is 0.692. The Morgan fingerprint density at radius 2 is 1.96 bits per heavy atom. The Balaban J connectivity index is 2.10. The lowest BCUT2D eigenvalue weighted by molar-refractivity contribution is -0.118. The lowest BCUT2D eigenvalue weighted by atomic mass is 10.1. The molecule has 2 rings (SSSR count). The predicted molar refractivity (Wildman–Crippen MR) is 102 cm³/mol. The van der Waals surface area contributed by atoms with Gasteiger partial charge < -0.3 is 19.5 Å². The van der Waals surface area contributed by atoms with Crippen LogP contribution < -0.4 is 14.8 Å². The van der Waals surface area contributed by atoms with Gasteiger partial charge in [-0.3, -0.25) is 9.59 Å². The lowest BCUT2D eigenvalue weighted by Crippen LogP contribution is -2.21. The van der Waals surface area contributed by atoms with Crippen molar-refractivity contribution < 1.29 is 28.6 Å². The third-order valence-corrected chi connectivity index (χ3v) is 4.92. The van der Waals surface area contributed by atoms with Gasteiger partial charge in [-0.2, -0.15) is 0 Å². The van der Waals surface area contributed by atoms with E-state index in [4.69, 9.17) is 14.2 Å². The quantitative estimate of drug-likeness (QED) is 0.548. The van der Waals surface area contributed by atoms with Gasteiger partial charge in [-0.1, -0.05) is 0 Å². The van der Waals surface area contributed by atoms with Crippen LogP contribution in [-0.4, -0.2) is 38.5 Å². The van der Waals surface area contributed by atoms with Crippen LogP contribution >= 0.6 is 11.3 Å². The smallest absolute Gasteiger partial charge is 0.341 e. The van der Waals surface area contributed by atoms with Crippen molar-refractivity contribution in [2.24, 2.45) is 0 Å². The second-order valence-corrected chi connectivity index (χ2v) is 6.80. The van der Waals surface area contributed by atoms with Gasteiger partial charge in [0.1, 0.15) is 11.3 Å². The van der Waals surface area contributed by atoms with Crippen LogP contribution in [0.1, 0.15) is 38.1 Å². The molecule has 0 saturated carbocycles. The van der Waals surface area contributed by atoms with Crippen LogP contribution in [0.4, 0.5) is 5.00 Å². The number of ether oxygens (including phenoxy) is 3. The summed E-state index contributed by atoms with van der Waals surface area (Å²) in [4.78, 5) is 36.2. The van der Waals surface area contributed by atoms with Gasteiger partial charge in [0.15, 0.2) is 18.1 Å². The first-order valence-electron chi connectivity index (χ1n) is 8.24. The average Bonchev–Trinajstić information content (AvgIpc) is 2.93. The zero-order valence-electron chi connectivity index (χ0n) is 15.6. The molecule has 0 bridgehead atoms. The highest BCUT2D eigenvalue weighted by Gasteiger charge is 2.22. The summed E-state index contributed by atoms with van der Waals surface area (Å²) in [7, 11) is 1.44. The SMILES string of the molecule is CCOC(=O)c1c(NC(=O)COc2ccc(C=O)cc2OC)sc(C)c1C. The Hall–Kier alpha value is -2.87. The number of amides is 1. The van der Waals surface area contributed by atoms with E-state index >= 15 is 0 Å². The summed E-state index contributed by atoms with van der Waals surface area (Å²) >= 11 is 1.31. The van der Waals surface area contributed by atoms with E-state index < -0.39 is 11.9 Å². The zero-order valence-corrected chi connectivity index (χ0v) is 16.4. The standard InChI is InChI=1S/C19H21NO6S/c1-5-25-19(23)17-11(2)12(3)27-18(17)20-16(22)10-26-14-7-6-13(9-21)8-15(14)24-4/h6-9H,5,10H2,1-4H3,(H,20,22). The van der Waals surface area contributed by atoms with Crippen molar-refractivity contribution in [2.45, 2.75) is 20.8 Å². The fraction of sp³-hybridized carbons (Fsp3) is 0.316. The molecule has 0 aliphatic rings. The van der Waals surface area contributed by atoms with Gasteiger partial charge in [0.25, 0.3) is 5.91 Å². The minimum absolute atomic E-state index is 0.250. The van der Waals surface area contributed by atoms with Crippen LogP contribution in [0.2, 0.25) is 0 Å². The first-order valence-corrected chi connectivity index (χ1v) is 9.05. The molecule has 1 amide bonds. The maximum atomic E-state index is 12.3. The molecule has 0 aliphatic carbocycles. The second-order valence-electron chi connectivity index (χ2n) is 5.57. The van der Waals surface area contributed by atoms with Gasteiger partial charge >= 0.3 is 5.97 Å². The largest absolute Gasteiger partial charge is 0.493 e. The monoisotopic (exact) mass is 391 g/mol. The van der Waals surface area contributed by atoms with Crippen molar-refractivity contribution in [3.63, 3.8) is 0 Å². The molecule has 144 valence electrons. The van der Waals surface area contributed by atoms with E-state index in [1.807, 2.05) is 13.8 Å². The van der Waals surface area contributed by atoms with E-state index in [1.54, 1.807) is 19.1 Å². The van der Waals surface area contributed by atoms with Crippen LogP contribution in [0.3, 0.4) is 0 Å². The van der Waals surface area contributed by atoms with E-state index in [9.17, 15) is 14.4 Å². The molecule has 0 fully saturated rings. The Labute approximate surface area is 161 Å². The molecular weight excluding hydrogens is 370 g/mol. The van der Waals surface area contributed by atoms with Gasteiger partial charge in [-0.25, -0.2) is 4.79 Å². The third kappa shape index (κ3) is 4.85. The molecule has 0 saturated heterocycles. The van der Waals surface area contributed by atoms with Crippen LogP contribution in [0.15, 0.2) is 18.2 Å². The van der Waals surface area contributed by atoms with Crippen molar-refractivity contribution in [3.8, 4) is 11.5 Å². The number of aryl methyl sites for hydroxylation is 1. The number of benzene rings is 1. The van der Waals surface area contributed by atoms with E-state index in [0.29, 0.717) is 33.9 Å². The van der Waals surface area contributed by atoms with Gasteiger partial charge in [-0.05, 0) is 44.5 Å². The maximum absolute atomic E-state index is 12.3. The van der Waals surface area contributed by atoms with Crippen LogP contribution in [-0.2, 0) is 9.53 Å². The summed E-state index contributed by atoms with van der Waals surface area (Å²) in [6, 6.07) is 4.64. The Morgan fingerprint density at radius 3 is 2.59 bits per heavy atom. The molecule has 1 N–H and O–H groups in total. The van der Waals surface area contributed by atoms with Crippen LogP contribution in [0, 0.1) is 13.8 Å².